The van der Waals surface area contributed by atoms with Gasteiger partial charge in [-0.3, -0.25) is 4.79 Å². The molecule has 0 radical (unpaired) electrons. The summed E-state index contributed by atoms with van der Waals surface area (Å²) in [5.74, 6) is 0.287. The Balaban J connectivity index is 2.17. The lowest BCUT2D eigenvalue weighted by molar-refractivity contribution is -0.141. The van der Waals surface area contributed by atoms with Crippen LogP contribution in [0.1, 0.15) is 46.0 Å². The molecule has 0 bridgehead atoms. The molecule has 0 aromatic heterocycles. The number of carbonyl (C=O) groups is 2. The van der Waals surface area contributed by atoms with Gasteiger partial charge in [-0.15, -0.1) is 0 Å². The Bertz CT molecular complexity index is 307. The Kier molecular flexibility index (Phi) is 6.84. The van der Waals surface area contributed by atoms with Crippen LogP contribution in [0.2, 0.25) is 0 Å². The normalized spacial score (nSPS) is 24.7. The van der Waals surface area contributed by atoms with Gasteiger partial charge in [-0.2, -0.15) is 0 Å². The summed E-state index contributed by atoms with van der Waals surface area (Å²) >= 11 is 0. The third kappa shape index (κ3) is 6.57. The molecule has 1 saturated carbocycles. The molecule has 0 aromatic rings. The number of amides is 1. The first-order chi connectivity index (χ1) is 8.99. The van der Waals surface area contributed by atoms with E-state index in [9.17, 15) is 9.59 Å². The standard InChI is InChI=1S/C14H26N2O3/c1-10-4-3-5-12(8-10)6-7-15-9-13(14(18)19)16-11(2)17/h10,12-13,15H,3-9H2,1-2H3,(H,16,17)(H,18,19). The third-order valence-electron chi connectivity index (χ3n) is 3.80. The molecule has 0 aromatic carbocycles. The number of hydrogen-bond donors (Lipinski definition) is 3. The Morgan fingerprint density at radius 1 is 1.37 bits per heavy atom. The van der Waals surface area contributed by atoms with E-state index < -0.39 is 12.0 Å². The maximum atomic E-state index is 10.9. The zero-order valence-corrected chi connectivity index (χ0v) is 11.9. The van der Waals surface area contributed by atoms with Gasteiger partial charge < -0.3 is 15.7 Å². The van der Waals surface area contributed by atoms with Gasteiger partial charge in [0.1, 0.15) is 6.04 Å². The summed E-state index contributed by atoms with van der Waals surface area (Å²) < 4.78 is 0. The maximum Gasteiger partial charge on any atom is 0.327 e. The predicted octanol–water partition coefficient (Wildman–Crippen LogP) is 1.38. The second-order valence-electron chi connectivity index (χ2n) is 5.72. The topological polar surface area (TPSA) is 78.4 Å². The van der Waals surface area contributed by atoms with Gasteiger partial charge in [-0.05, 0) is 31.2 Å². The number of aliphatic carboxylic acids is 1. The summed E-state index contributed by atoms with van der Waals surface area (Å²) in [7, 11) is 0. The molecule has 3 unspecified atom stereocenters. The van der Waals surface area contributed by atoms with Gasteiger partial charge in [0, 0.05) is 13.5 Å². The predicted molar refractivity (Wildman–Crippen MR) is 73.8 cm³/mol. The van der Waals surface area contributed by atoms with Gasteiger partial charge in [0.2, 0.25) is 5.91 Å². The van der Waals surface area contributed by atoms with Crippen molar-refractivity contribution < 1.29 is 14.7 Å². The number of carboxylic acids is 1. The Morgan fingerprint density at radius 3 is 2.68 bits per heavy atom. The first-order valence-corrected chi connectivity index (χ1v) is 7.19. The minimum atomic E-state index is -0.992. The Hall–Kier alpha value is -1.10. The van der Waals surface area contributed by atoms with E-state index in [2.05, 4.69) is 17.6 Å². The summed E-state index contributed by atoms with van der Waals surface area (Å²) in [4.78, 5) is 21.8. The average molecular weight is 270 g/mol. The van der Waals surface area contributed by atoms with Crippen molar-refractivity contribution in [1.82, 2.24) is 10.6 Å². The summed E-state index contributed by atoms with van der Waals surface area (Å²) in [5.41, 5.74) is 0. The summed E-state index contributed by atoms with van der Waals surface area (Å²) in [6.45, 7) is 4.74. The second-order valence-corrected chi connectivity index (χ2v) is 5.72. The van der Waals surface area contributed by atoms with Gasteiger partial charge in [0.15, 0.2) is 0 Å². The first-order valence-electron chi connectivity index (χ1n) is 7.19. The van der Waals surface area contributed by atoms with Gasteiger partial charge in [-0.25, -0.2) is 4.79 Å². The van der Waals surface area contributed by atoms with Gasteiger partial charge in [0.25, 0.3) is 0 Å². The number of rotatable bonds is 7. The maximum absolute atomic E-state index is 10.9. The summed E-state index contributed by atoms with van der Waals surface area (Å²) in [6, 6.07) is -0.831. The highest BCUT2D eigenvalue weighted by Crippen LogP contribution is 2.30. The second kappa shape index (κ2) is 8.15. The molecular weight excluding hydrogens is 244 g/mol. The van der Waals surface area contributed by atoms with Crippen LogP contribution in [-0.2, 0) is 9.59 Å². The molecule has 5 nitrogen and oxygen atoms in total. The van der Waals surface area contributed by atoms with Crippen molar-refractivity contribution >= 4 is 11.9 Å². The molecule has 0 saturated heterocycles. The molecule has 0 spiro atoms. The highest BCUT2D eigenvalue weighted by Gasteiger charge is 2.20. The molecule has 19 heavy (non-hydrogen) atoms. The quantitative estimate of drug-likeness (QED) is 0.611. The van der Waals surface area contributed by atoms with Crippen LogP contribution in [0.15, 0.2) is 0 Å². The van der Waals surface area contributed by atoms with E-state index in [1.54, 1.807) is 0 Å². The highest BCUT2D eigenvalue weighted by molar-refractivity contribution is 5.82. The molecule has 1 aliphatic carbocycles. The van der Waals surface area contributed by atoms with E-state index in [1.807, 2.05) is 0 Å². The third-order valence-corrected chi connectivity index (χ3v) is 3.80. The molecule has 1 amide bonds. The van der Waals surface area contributed by atoms with Crippen molar-refractivity contribution in [3.63, 3.8) is 0 Å². The van der Waals surface area contributed by atoms with Crippen LogP contribution >= 0.6 is 0 Å². The van der Waals surface area contributed by atoms with Crippen LogP contribution in [0, 0.1) is 11.8 Å². The monoisotopic (exact) mass is 270 g/mol. The van der Waals surface area contributed by atoms with Crippen molar-refractivity contribution in [2.45, 2.75) is 52.0 Å². The number of nitrogens with one attached hydrogen (secondary N) is 2. The Labute approximate surface area is 115 Å². The fraction of sp³-hybridized carbons (Fsp3) is 0.857. The smallest absolute Gasteiger partial charge is 0.327 e. The van der Waals surface area contributed by atoms with E-state index in [4.69, 9.17) is 5.11 Å². The molecule has 0 aliphatic heterocycles. The Morgan fingerprint density at radius 2 is 2.11 bits per heavy atom. The van der Waals surface area contributed by atoms with Crippen molar-refractivity contribution in [3.05, 3.63) is 0 Å². The van der Waals surface area contributed by atoms with Gasteiger partial charge in [-0.1, -0.05) is 26.2 Å². The van der Waals surface area contributed by atoms with E-state index in [0.717, 1.165) is 24.8 Å². The fourth-order valence-electron chi connectivity index (χ4n) is 2.82. The fourth-order valence-corrected chi connectivity index (χ4v) is 2.82. The molecule has 0 heterocycles. The molecule has 1 fully saturated rings. The molecule has 3 atom stereocenters. The summed E-state index contributed by atoms with van der Waals surface area (Å²) in [5, 5.41) is 14.5. The molecule has 1 rings (SSSR count). The minimum Gasteiger partial charge on any atom is -0.480 e. The molecule has 110 valence electrons. The van der Waals surface area contributed by atoms with Crippen LogP contribution in [0.4, 0.5) is 0 Å². The van der Waals surface area contributed by atoms with Crippen molar-refractivity contribution in [2.24, 2.45) is 11.8 Å². The van der Waals surface area contributed by atoms with Crippen molar-refractivity contribution in [1.29, 1.82) is 0 Å². The van der Waals surface area contributed by atoms with E-state index in [1.165, 1.54) is 32.6 Å². The van der Waals surface area contributed by atoms with Gasteiger partial charge in [0.05, 0.1) is 0 Å². The molecule has 1 aliphatic rings. The average Bonchev–Trinajstić information content (AvgIpc) is 2.32. The van der Waals surface area contributed by atoms with Crippen LogP contribution in [-0.4, -0.2) is 36.1 Å². The van der Waals surface area contributed by atoms with E-state index >= 15 is 0 Å². The van der Waals surface area contributed by atoms with E-state index in [-0.39, 0.29) is 12.5 Å². The number of hydrogen-bond acceptors (Lipinski definition) is 3. The SMILES string of the molecule is CC(=O)NC(CNCCC1CCCC(C)C1)C(=O)O. The van der Waals surface area contributed by atoms with Crippen molar-refractivity contribution in [2.75, 3.05) is 13.1 Å². The van der Waals surface area contributed by atoms with Crippen LogP contribution in [0.5, 0.6) is 0 Å². The first kappa shape index (κ1) is 16.0. The van der Waals surface area contributed by atoms with Crippen LogP contribution < -0.4 is 10.6 Å². The van der Waals surface area contributed by atoms with Crippen LogP contribution in [0.25, 0.3) is 0 Å². The van der Waals surface area contributed by atoms with Crippen molar-refractivity contribution in [3.8, 4) is 0 Å². The lowest BCUT2D eigenvalue weighted by atomic mass is 9.81. The minimum absolute atomic E-state index is 0.289. The zero-order chi connectivity index (χ0) is 14.3. The van der Waals surface area contributed by atoms with Gasteiger partial charge >= 0.3 is 5.97 Å². The van der Waals surface area contributed by atoms with E-state index in [0.29, 0.717) is 0 Å². The lowest BCUT2D eigenvalue weighted by Gasteiger charge is -2.26. The lowest BCUT2D eigenvalue weighted by Crippen LogP contribution is -2.46. The molecule has 3 N–H and O–H groups in total. The summed E-state index contributed by atoms with van der Waals surface area (Å²) in [6.07, 6.45) is 6.33. The number of carboxylic acid groups (broad SMARTS) is 1. The zero-order valence-electron chi connectivity index (χ0n) is 11.9. The molecular formula is C14H26N2O3. The van der Waals surface area contributed by atoms with Crippen LogP contribution in [0.3, 0.4) is 0 Å². The number of carbonyl (C=O) groups excluding carboxylic acids is 1. The highest BCUT2D eigenvalue weighted by atomic mass is 16.4. The largest absolute Gasteiger partial charge is 0.480 e. The molecule has 5 heteroatoms.